The summed E-state index contributed by atoms with van der Waals surface area (Å²) in [4.78, 5) is -1.44. The standard InChI is InChI=1S/C18H20BrF5N2OS2/c19-13-1-7-16(8-2-13)28(25,27)17-9-3-14(4-10-17)26-15-5-11-18(12-6-15)29(20,21,22,23)24/h1-2,5-8,11-12,14,17,25-26H,3-4,9-10H2. The van der Waals surface area contributed by atoms with E-state index in [1.807, 2.05) is 0 Å². The molecule has 0 radical (unpaired) electrons. The monoisotopic (exact) mass is 518 g/mol. The third-order valence-electron chi connectivity index (χ3n) is 4.98. The van der Waals surface area contributed by atoms with E-state index in [0.29, 0.717) is 48.4 Å². The van der Waals surface area contributed by atoms with Crippen molar-refractivity contribution in [2.75, 3.05) is 5.32 Å². The molecule has 0 spiro atoms. The molecule has 11 heteroatoms. The third kappa shape index (κ3) is 5.43. The molecule has 1 saturated carbocycles. The molecule has 0 saturated heterocycles. The number of nitrogens with one attached hydrogen (secondary N) is 2. The lowest BCUT2D eigenvalue weighted by molar-refractivity contribution is 0.364. The minimum Gasteiger partial charge on any atom is -0.382 e. The first-order valence-electron chi connectivity index (χ1n) is 8.79. The lowest BCUT2D eigenvalue weighted by Gasteiger charge is -2.40. The zero-order chi connectivity index (χ0) is 21.6. The van der Waals surface area contributed by atoms with Crippen LogP contribution in [-0.4, -0.2) is 15.5 Å². The van der Waals surface area contributed by atoms with Crippen LogP contribution in [0.5, 0.6) is 0 Å². The summed E-state index contributed by atoms with van der Waals surface area (Å²) in [6.45, 7) is 0. The van der Waals surface area contributed by atoms with Gasteiger partial charge in [-0.1, -0.05) is 35.4 Å². The van der Waals surface area contributed by atoms with Crippen LogP contribution in [0.2, 0.25) is 0 Å². The second-order valence-corrected chi connectivity index (χ2v) is 12.8. The molecule has 1 atom stereocenters. The van der Waals surface area contributed by atoms with Gasteiger partial charge in [0.2, 0.25) is 0 Å². The zero-order valence-corrected chi connectivity index (χ0v) is 18.3. The predicted molar refractivity (Wildman–Crippen MR) is 111 cm³/mol. The first-order valence-corrected chi connectivity index (χ1v) is 13.2. The van der Waals surface area contributed by atoms with Crippen molar-refractivity contribution in [1.82, 2.24) is 0 Å². The Balaban J connectivity index is 1.62. The summed E-state index contributed by atoms with van der Waals surface area (Å²) >= 11 is 3.30. The number of halogens is 6. The Morgan fingerprint density at radius 1 is 0.897 bits per heavy atom. The zero-order valence-electron chi connectivity index (χ0n) is 15.1. The minimum absolute atomic E-state index is 0.0859. The molecular weight excluding hydrogens is 499 g/mol. The van der Waals surface area contributed by atoms with E-state index < -0.39 is 24.8 Å². The predicted octanol–water partition coefficient (Wildman–Crippen LogP) is 7.94. The highest BCUT2D eigenvalue weighted by molar-refractivity contribution is 9.10. The van der Waals surface area contributed by atoms with Gasteiger partial charge >= 0.3 is 10.2 Å². The van der Waals surface area contributed by atoms with Crippen LogP contribution in [0, 0.1) is 4.78 Å². The molecule has 1 aliphatic rings. The average Bonchev–Trinajstić information content (AvgIpc) is 2.61. The largest absolute Gasteiger partial charge is 0.382 e. The van der Waals surface area contributed by atoms with Crippen molar-refractivity contribution in [1.29, 1.82) is 4.78 Å². The fourth-order valence-electron chi connectivity index (χ4n) is 3.41. The Morgan fingerprint density at radius 3 is 1.90 bits per heavy atom. The van der Waals surface area contributed by atoms with E-state index in [-0.39, 0.29) is 11.3 Å². The summed E-state index contributed by atoms with van der Waals surface area (Å²) in [6.07, 6.45) is 2.22. The molecule has 162 valence electrons. The quantitative estimate of drug-likeness (QED) is 0.394. The van der Waals surface area contributed by atoms with Crippen LogP contribution in [0.25, 0.3) is 0 Å². The number of hydrogen-bond acceptors (Lipinski definition) is 3. The highest BCUT2D eigenvalue weighted by Crippen LogP contribution is 3.02. The summed E-state index contributed by atoms with van der Waals surface area (Å²) < 4.78 is 86.1. The average molecular weight is 519 g/mol. The van der Waals surface area contributed by atoms with Crippen molar-refractivity contribution in [3.63, 3.8) is 0 Å². The fourth-order valence-corrected chi connectivity index (χ4v) is 6.19. The van der Waals surface area contributed by atoms with Crippen molar-refractivity contribution in [2.24, 2.45) is 0 Å². The summed E-state index contributed by atoms with van der Waals surface area (Å²) in [5.41, 5.74) is 0.318. The fraction of sp³-hybridized carbons (Fsp3) is 0.333. The maximum Gasteiger partial charge on any atom is 0.310 e. The SMILES string of the molecule is N=S(=O)(c1ccc(Br)cc1)C1CCC(Nc2ccc(S(F)(F)(F)(F)F)cc2)CC1. The number of anilines is 1. The van der Waals surface area contributed by atoms with Gasteiger partial charge in [-0.2, -0.15) is 0 Å². The lowest BCUT2D eigenvalue weighted by atomic mass is 9.95. The van der Waals surface area contributed by atoms with Crippen LogP contribution in [0.15, 0.2) is 62.8 Å². The van der Waals surface area contributed by atoms with Gasteiger partial charge in [-0.25, -0.2) is 8.99 Å². The van der Waals surface area contributed by atoms with Crippen LogP contribution in [0.1, 0.15) is 25.7 Å². The van der Waals surface area contributed by atoms with E-state index in [9.17, 15) is 23.6 Å². The smallest absolute Gasteiger partial charge is 0.310 e. The molecular formula is C18H20BrF5N2OS2. The summed E-state index contributed by atoms with van der Waals surface area (Å²) in [7, 11) is -12.6. The van der Waals surface area contributed by atoms with Gasteiger partial charge in [-0.05, 0) is 74.2 Å². The molecule has 0 aliphatic heterocycles. The molecule has 29 heavy (non-hydrogen) atoms. The van der Waals surface area contributed by atoms with Crippen LogP contribution in [0.4, 0.5) is 25.1 Å². The maximum atomic E-state index is 13.0. The summed E-state index contributed by atoms with van der Waals surface area (Å²) in [5, 5.41) is 2.74. The molecule has 3 nitrogen and oxygen atoms in total. The van der Waals surface area contributed by atoms with Gasteiger partial charge in [0.15, 0.2) is 0 Å². The van der Waals surface area contributed by atoms with Crippen LogP contribution >= 0.6 is 26.2 Å². The van der Waals surface area contributed by atoms with Crippen LogP contribution in [0.3, 0.4) is 0 Å². The first kappa shape index (κ1) is 22.4. The lowest BCUT2D eigenvalue weighted by Crippen LogP contribution is -2.32. The van der Waals surface area contributed by atoms with Gasteiger partial charge in [-0.3, -0.25) is 0 Å². The molecule has 1 aliphatic carbocycles. The van der Waals surface area contributed by atoms with Gasteiger partial charge in [-0.15, -0.1) is 0 Å². The maximum absolute atomic E-state index is 13.0. The normalized spacial score (nSPS) is 24.8. The summed E-state index contributed by atoms with van der Waals surface area (Å²) in [6, 6.07) is 9.51. The topological polar surface area (TPSA) is 53.0 Å². The van der Waals surface area contributed by atoms with Gasteiger partial charge in [0, 0.05) is 26.3 Å². The van der Waals surface area contributed by atoms with Crippen molar-refractivity contribution < 1.29 is 23.6 Å². The Hall–Kier alpha value is -1.33. The molecule has 0 bridgehead atoms. The molecule has 2 N–H and O–H groups in total. The van der Waals surface area contributed by atoms with Crippen molar-refractivity contribution in [3.05, 3.63) is 53.0 Å². The molecule has 2 aromatic rings. The molecule has 2 aromatic carbocycles. The number of benzene rings is 2. The molecule has 0 aromatic heterocycles. The van der Waals surface area contributed by atoms with Gasteiger partial charge < -0.3 is 5.32 Å². The minimum atomic E-state index is -9.67. The highest BCUT2D eigenvalue weighted by atomic mass is 79.9. The van der Waals surface area contributed by atoms with Crippen LogP contribution < -0.4 is 5.32 Å². The number of hydrogen-bond donors (Lipinski definition) is 2. The molecule has 1 unspecified atom stereocenters. The Kier molecular flexibility index (Phi) is 5.28. The van der Waals surface area contributed by atoms with E-state index >= 15 is 0 Å². The van der Waals surface area contributed by atoms with Crippen molar-refractivity contribution in [3.8, 4) is 0 Å². The second kappa shape index (κ2) is 6.84. The number of rotatable bonds is 5. The van der Waals surface area contributed by atoms with E-state index in [1.165, 1.54) is 0 Å². The van der Waals surface area contributed by atoms with E-state index in [2.05, 4.69) is 21.2 Å². The molecule has 1 fully saturated rings. The Bertz CT molecular complexity index is 986. The van der Waals surface area contributed by atoms with E-state index in [4.69, 9.17) is 4.78 Å². The van der Waals surface area contributed by atoms with Crippen LogP contribution in [-0.2, 0) is 9.73 Å². The van der Waals surface area contributed by atoms with Gasteiger partial charge in [0.25, 0.3) is 0 Å². The van der Waals surface area contributed by atoms with Gasteiger partial charge in [0.05, 0.1) is 9.73 Å². The molecule has 3 rings (SSSR count). The first-order chi connectivity index (χ1) is 13.1. The van der Waals surface area contributed by atoms with Gasteiger partial charge in [0.1, 0.15) is 4.90 Å². The van der Waals surface area contributed by atoms with Crippen molar-refractivity contribution >= 4 is 41.6 Å². The second-order valence-electron chi connectivity index (χ2n) is 7.17. The highest BCUT2D eigenvalue weighted by Gasteiger charge is 2.65. The van der Waals surface area contributed by atoms with E-state index in [0.717, 1.165) is 16.6 Å². The Labute approximate surface area is 174 Å². The molecule has 0 amide bonds. The Morgan fingerprint density at radius 2 is 1.41 bits per heavy atom. The molecule has 0 heterocycles. The van der Waals surface area contributed by atoms with Crippen molar-refractivity contribution in [2.45, 2.75) is 46.8 Å². The van der Waals surface area contributed by atoms with E-state index in [1.54, 1.807) is 24.3 Å². The third-order valence-corrected chi connectivity index (χ3v) is 9.05. The summed E-state index contributed by atoms with van der Waals surface area (Å²) in [5.74, 6) is 0.